The van der Waals surface area contributed by atoms with Gasteiger partial charge in [-0.05, 0) is 25.7 Å². The molecule has 0 aromatic rings. The normalized spacial score (nSPS) is 41.7. The number of hydrogen-bond acceptors (Lipinski definition) is 4. The largest absolute Gasteiger partial charge is 0.469 e. The predicted molar refractivity (Wildman–Crippen MR) is 56.6 cm³/mol. The van der Waals surface area contributed by atoms with Gasteiger partial charge in [0.2, 0.25) is 0 Å². The van der Waals surface area contributed by atoms with Crippen molar-refractivity contribution in [2.24, 2.45) is 11.3 Å². The van der Waals surface area contributed by atoms with E-state index in [1.807, 2.05) is 6.92 Å². The zero-order valence-electron chi connectivity index (χ0n) is 10.0. The summed E-state index contributed by atoms with van der Waals surface area (Å²) in [6.45, 7) is 4.04. The zero-order valence-corrected chi connectivity index (χ0v) is 10.0. The first-order valence-corrected chi connectivity index (χ1v) is 5.70. The van der Waals surface area contributed by atoms with Gasteiger partial charge in [-0.3, -0.25) is 9.59 Å². The van der Waals surface area contributed by atoms with Crippen molar-refractivity contribution >= 4 is 11.9 Å². The van der Waals surface area contributed by atoms with Crippen molar-refractivity contribution in [2.45, 2.75) is 45.1 Å². The molecule has 2 fully saturated rings. The lowest BCUT2D eigenvalue weighted by atomic mass is 9.70. The third-order valence-electron chi connectivity index (χ3n) is 4.57. The molecule has 0 aromatic carbocycles. The highest BCUT2D eigenvalue weighted by Gasteiger charge is 2.62. The van der Waals surface area contributed by atoms with Crippen LogP contribution in [0.5, 0.6) is 0 Å². The molecule has 2 aliphatic rings. The summed E-state index contributed by atoms with van der Waals surface area (Å²) in [5, 5.41) is 0. The molecule has 1 heterocycles. The van der Waals surface area contributed by atoms with E-state index in [4.69, 9.17) is 9.47 Å². The van der Waals surface area contributed by atoms with Gasteiger partial charge in [-0.1, -0.05) is 6.92 Å². The second-order valence-electron chi connectivity index (χ2n) is 5.32. The Morgan fingerprint density at radius 3 is 2.88 bits per heavy atom. The Hall–Kier alpha value is -1.06. The zero-order chi connectivity index (χ0) is 12.0. The van der Waals surface area contributed by atoms with Gasteiger partial charge in [-0.25, -0.2) is 0 Å². The van der Waals surface area contributed by atoms with Crippen LogP contribution < -0.4 is 0 Å². The van der Waals surface area contributed by atoms with Crippen LogP contribution in [-0.4, -0.2) is 24.6 Å². The average Bonchev–Trinajstić information content (AvgIpc) is 2.55. The van der Waals surface area contributed by atoms with Crippen LogP contribution in [-0.2, 0) is 19.1 Å². The monoisotopic (exact) mass is 226 g/mol. The highest BCUT2D eigenvalue weighted by Crippen LogP contribution is 2.59. The van der Waals surface area contributed by atoms with E-state index in [9.17, 15) is 9.59 Å². The van der Waals surface area contributed by atoms with Gasteiger partial charge in [0.15, 0.2) is 0 Å². The van der Waals surface area contributed by atoms with E-state index in [0.717, 1.165) is 12.8 Å². The predicted octanol–water partition coefficient (Wildman–Crippen LogP) is 1.67. The highest BCUT2D eigenvalue weighted by atomic mass is 16.6. The second-order valence-corrected chi connectivity index (χ2v) is 5.32. The smallest absolute Gasteiger partial charge is 0.307 e. The van der Waals surface area contributed by atoms with Gasteiger partial charge in [0.1, 0.15) is 5.60 Å². The summed E-state index contributed by atoms with van der Waals surface area (Å²) in [5.41, 5.74) is -0.596. The molecule has 0 aromatic heterocycles. The lowest BCUT2D eigenvalue weighted by Gasteiger charge is -2.35. The van der Waals surface area contributed by atoms with Gasteiger partial charge in [-0.15, -0.1) is 0 Å². The molecule has 0 amide bonds. The SMILES string of the molecule is COC(=O)C[C@H]1CC[C@@]2(C)OC(=O)C[C@@]12C. The molecule has 2 rings (SSSR count). The molecule has 1 aliphatic carbocycles. The number of ether oxygens (including phenoxy) is 2. The first kappa shape index (κ1) is 11.4. The summed E-state index contributed by atoms with van der Waals surface area (Å²) in [6, 6.07) is 0. The third kappa shape index (κ3) is 1.43. The topological polar surface area (TPSA) is 52.6 Å². The molecule has 0 unspecified atom stereocenters. The molecular formula is C12H18O4. The molecule has 1 saturated heterocycles. The maximum absolute atomic E-state index is 11.4. The fourth-order valence-corrected chi connectivity index (χ4v) is 3.18. The molecule has 0 spiro atoms. The summed E-state index contributed by atoms with van der Waals surface area (Å²) < 4.78 is 10.1. The van der Waals surface area contributed by atoms with E-state index in [0.29, 0.717) is 12.8 Å². The van der Waals surface area contributed by atoms with E-state index in [-0.39, 0.29) is 28.9 Å². The number of carbonyl (C=O) groups excluding carboxylic acids is 2. The number of hydrogen-bond donors (Lipinski definition) is 0. The summed E-state index contributed by atoms with van der Waals surface area (Å²) >= 11 is 0. The first-order chi connectivity index (χ1) is 7.41. The highest BCUT2D eigenvalue weighted by molar-refractivity contribution is 5.75. The molecule has 0 N–H and O–H groups in total. The van der Waals surface area contributed by atoms with E-state index in [1.54, 1.807) is 0 Å². The minimum Gasteiger partial charge on any atom is -0.469 e. The Kier molecular flexibility index (Phi) is 2.48. The Bertz CT molecular complexity index is 338. The van der Waals surface area contributed by atoms with Crippen molar-refractivity contribution in [1.82, 2.24) is 0 Å². The van der Waals surface area contributed by atoms with Crippen molar-refractivity contribution in [3.8, 4) is 0 Å². The number of carbonyl (C=O) groups is 2. The fourth-order valence-electron chi connectivity index (χ4n) is 3.18. The number of rotatable bonds is 2. The Balaban J connectivity index is 2.19. The molecular weight excluding hydrogens is 208 g/mol. The molecule has 3 atom stereocenters. The lowest BCUT2D eigenvalue weighted by Crippen LogP contribution is -2.39. The summed E-state index contributed by atoms with van der Waals surface area (Å²) in [7, 11) is 1.40. The standard InChI is InChI=1S/C12H18O4/c1-11-7-10(14)16-12(11,2)5-4-8(11)6-9(13)15-3/h8H,4-7H2,1-3H3/t8-,11+,12-/m1/s1. The summed E-state index contributed by atoms with van der Waals surface area (Å²) in [4.78, 5) is 22.8. The van der Waals surface area contributed by atoms with Crippen molar-refractivity contribution in [3.63, 3.8) is 0 Å². The van der Waals surface area contributed by atoms with Gasteiger partial charge >= 0.3 is 11.9 Å². The minimum absolute atomic E-state index is 0.139. The molecule has 1 aliphatic heterocycles. The Labute approximate surface area is 95.3 Å². The molecule has 4 nitrogen and oxygen atoms in total. The summed E-state index contributed by atoms with van der Waals surface area (Å²) in [6.07, 6.45) is 2.58. The maximum atomic E-state index is 11.4. The fraction of sp³-hybridized carbons (Fsp3) is 0.833. The van der Waals surface area contributed by atoms with E-state index >= 15 is 0 Å². The van der Waals surface area contributed by atoms with Gasteiger partial charge in [0.05, 0.1) is 13.5 Å². The van der Waals surface area contributed by atoms with E-state index < -0.39 is 0 Å². The van der Waals surface area contributed by atoms with Crippen LogP contribution in [0.15, 0.2) is 0 Å². The average molecular weight is 226 g/mol. The Morgan fingerprint density at radius 1 is 1.56 bits per heavy atom. The van der Waals surface area contributed by atoms with E-state index in [1.165, 1.54) is 7.11 Å². The van der Waals surface area contributed by atoms with Gasteiger partial charge in [-0.2, -0.15) is 0 Å². The van der Waals surface area contributed by atoms with Crippen LogP contribution in [0.4, 0.5) is 0 Å². The van der Waals surface area contributed by atoms with Crippen molar-refractivity contribution < 1.29 is 19.1 Å². The quantitative estimate of drug-likeness (QED) is 0.672. The van der Waals surface area contributed by atoms with Crippen LogP contribution >= 0.6 is 0 Å². The Morgan fingerprint density at radius 2 is 2.25 bits per heavy atom. The second kappa shape index (κ2) is 3.47. The minimum atomic E-state index is -0.386. The number of esters is 2. The molecule has 16 heavy (non-hydrogen) atoms. The van der Waals surface area contributed by atoms with Crippen LogP contribution in [0.3, 0.4) is 0 Å². The van der Waals surface area contributed by atoms with E-state index in [2.05, 4.69) is 6.92 Å². The van der Waals surface area contributed by atoms with Crippen LogP contribution in [0.25, 0.3) is 0 Å². The van der Waals surface area contributed by atoms with Crippen molar-refractivity contribution in [3.05, 3.63) is 0 Å². The summed E-state index contributed by atoms with van der Waals surface area (Å²) in [5.74, 6) is -0.147. The molecule has 4 heteroatoms. The van der Waals surface area contributed by atoms with Gasteiger partial charge in [0.25, 0.3) is 0 Å². The number of fused-ring (bicyclic) bond motifs is 1. The van der Waals surface area contributed by atoms with Gasteiger partial charge < -0.3 is 9.47 Å². The lowest BCUT2D eigenvalue weighted by molar-refractivity contribution is -0.148. The maximum Gasteiger partial charge on any atom is 0.307 e. The van der Waals surface area contributed by atoms with Gasteiger partial charge in [0, 0.05) is 11.8 Å². The molecule has 90 valence electrons. The van der Waals surface area contributed by atoms with Crippen molar-refractivity contribution in [2.75, 3.05) is 7.11 Å². The first-order valence-electron chi connectivity index (χ1n) is 5.70. The van der Waals surface area contributed by atoms with Crippen LogP contribution in [0.1, 0.15) is 39.5 Å². The van der Waals surface area contributed by atoms with Crippen LogP contribution in [0, 0.1) is 11.3 Å². The molecule has 0 bridgehead atoms. The van der Waals surface area contributed by atoms with Crippen molar-refractivity contribution in [1.29, 1.82) is 0 Å². The van der Waals surface area contributed by atoms with Crippen LogP contribution in [0.2, 0.25) is 0 Å². The molecule has 0 radical (unpaired) electrons. The number of methoxy groups -OCH3 is 1. The molecule has 1 saturated carbocycles. The third-order valence-corrected chi connectivity index (χ3v) is 4.57.